The molecule has 1 aliphatic heterocycles. The number of hydrogen-bond donors (Lipinski definition) is 1. The highest BCUT2D eigenvalue weighted by Gasteiger charge is 2.28. The van der Waals surface area contributed by atoms with Gasteiger partial charge in [-0.05, 0) is 12.1 Å². The molecule has 0 saturated carbocycles. The zero-order chi connectivity index (χ0) is 18.8. The Hall–Kier alpha value is -2.78. The lowest BCUT2D eigenvalue weighted by Crippen LogP contribution is -2.42. The van der Waals surface area contributed by atoms with Gasteiger partial charge in [-0.1, -0.05) is 17.7 Å². The molecule has 0 bridgehead atoms. The van der Waals surface area contributed by atoms with Gasteiger partial charge in [0.2, 0.25) is 0 Å². The summed E-state index contributed by atoms with van der Waals surface area (Å²) in [5.74, 6) is 0.131. The van der Waals surface area contributed by atoms with E-state index in [2.05, 4.69) is 19.9 Å². The van der Waals surface area contributed by atoms with Crippen LogP contribution in [0.5, 0.6) is 0 Å². The molecule has 8 nitrogen and oxygen atoms in total. The van der Waals surface area contributed by atoms with E-state index in [-0.39, 0.29) is 18.2 Å². The van der Waals surface area contributed by atoms with E-state index in [0.717, 1.165) is 0 Å². The van der Waals surface area contributed by atoms with Crippen molar-refractivity contribution in [2.45, 2.75) is 12.7 Å². The van der Waals surface area contributed by atoms with Crippen molar-refractivity contribution in [1.82, 2.24) is 24.8 Å². The minimum absolute atomic E-state index is 0.0415. The van der Waals surface area contributed by atoms with Crippen molar-refractivity contribution in [1.29, 1.82) is 0 Å². The van der Waals surface area contributed by atoms with Crippen LogP contribution in [-0.4, -0.2) is 50.6 Å². The second-order valence-electron chi connectivity index (χ2n) is 5.97. The number of aromatic nitrogens is 4. The van der Waals surface area contributed by atoms with E-state index >= 15 is 0 Å². The van der Waals surface area contributed by atoms with Gasteiger partial charge in [-0.25, -0.2) is 24.1 Å². The standard InChI is InChI=1S/C17H15ClFN5O3/c18-12-5-11(19)2-1-10(12)8-27-17(25)24-3-4-26-14(7-24)16-22-13-6-20-9-21-15(13)23-16/h1-2,5-6,9,14H,3-4,7-8H2,(H,20,21,22,23)/t14-/m0/s1. The Morgan fingerprint density at radius 3 is 3.19 bits per heavy atom. The molecule has 27 heavy (non-hydrogen) atoms. The Kier molecular flexibility index (Phi) is 4.87. The number of H-pyrrole nitrogens is 1. The molecule has 2 aromatic heterocycles. The van der Waals surface area contributed by atoms with E-state index in [4.69, 9.17) is 21.1 Å². The van der Waals surface area contributed by atoms with E-state index in [9.17, 15) is 9.18 Å². The first-order chi connectivity index (χ1) is 13.1. The fraction of sp³-hybridized carbons (Fsp3) is 0.294. The van der Waals surface area contributed by atoms with Gasteiger partial charge in [0.05, 0.1) is 24.4 Å². The Morgan fingerprint density at radius 2 is 2.37 bits per heavy atom. The molecule has 1 amide bonds. The highest BCUT2D eigenvalue weighted by atomic mass is 35.5. The number of imidazole rings is 1. The molecule has 1 aromatic carbocycles. The van der Waals surface area contributed by atoms with Gasteiger partial charge in [0, 0.05) is 12.1 Å². The van der Waals surface area contributed by atoms with Gasteiger partial charge in [0.25, 0.3) is 0 Å². The molecule has 4 rings (SSSR count). The number of carbonyl (C=O) groups is 1. The van der Waals surface area contributed by atoms with E-state index < -0.39 is 18.0 Å². The van der Waals surface area contributed by atoms with Crippen molar-refractivity contribution in [3.05, 3.63) is 53.0 Å². The largest absolute Gasteiger partial charge is 0.444 e. The van der Waals surface area contributed by atoms with Crippen molar-refractivity contribution >= 4 is 28.9 Å². The molecule has 0 aliphatic carbocycles. The van der Waals surface area contributed by atoms with Crippen LogP contribution in [0.15, 0.2) is 30.7 Å². The number of amides is 1. The van der Waals surface area contributed by atoms with Crippen molar-refractivity contribution in [2.24, 2.45) is 0 Å². The first-order valence-corrected chi connectivity index (χ1v) is 8.61. The van der Waals surface area contributed by atoms with Crippen molar-refractivity contribution in [2.75, 3.05) is 19.7 Å². The van der Waals surface area contributed by atoms with E-state index in [1.54, 1.807) is 6.20 Å². The number of morpholine rings is 1. The van der Waals surface area contributed by atoms with Crippen LogP contribution in [0.4, 0.5) is 9.18 Å². The molecule has 1 N–H and O–H groups in total. The number of hydrogen-bond acceptors (Lipinski definition) is 6. The van der Waals surface area contributed by atoms with Gasteiger partial charge >= 0.3 is 6.09 Å². The Balaban J connectivity index is 1.40. The van der Waals surface area contributed by atoms with Gasteiger partial charge in [-0.2, -0.15) is 0 Å². The smallest absolute Gasteiger partial charge is 0.410 e. The maximum absolute atomic E-state index is 13.1. The second-order valence-corrected chi connectivity index (χ2v) is 6.38. The number of aromatic amines is 1. The average molecular weight is 392 g/mol. The van der Waals surface area contributed by atoms with Gasteiger partial charge in [0.15, 0.2) is 5.65 Å². The summed E-state index contributed by atoms with van der Waals surface area (Å²) in [5.41, 5.74) is 1.77. The molecule has 1 fully saturated rings. The summed E-state index contributed by atoms with van der Waals surface area (Å²) in [6.07, 6.45) is 2.11. The minimum Gasteiger partial charge on any atom is -0.444 e. The predicted molar refractivity (Wildman–Crippen MR) is 93.5 cm³/mol. The minimum atomic E-state index is -0.500. The molecular weight excluding hydrogens is 377 g/mol. The van der Waals surface area contributed by atoms with Crippen LogP contribution in [-0.2, 0) is 16.1 Å². The maximum Gasteiger partial charge on any atom is 0.410 e. The topological polar surface area (TPSA) is 93.2 Å². The summed E-state index contributed by atoms with van der Waals surface area (Å²) >= 11 is 5.95. The first-order valence-electron chi connectivity index (χ1n) is 8.23. The summed E-state index contributed by atoms with van der Waals surface area (Å²) in [6, 6.07) is 3.94. The van der Waals surface area contributed by atoms with E-state index in [1.165, 1.54) is 29.4 Å². The van der Waals surface area contributed by atoms with Crippen LogP contribution >= 0.6 is 11.6 Å². The number of carbonyl (C=O) groups excluding carboxylic acids is 1. The normalized spacial score (nSPS) is 17.3. The summed E-state index contributed by atoms with van der Waals surface area (Å²) in [4.78, 5) is 29.4. The summed E-state index contributed by atoms with van der Waals surface area (Å²) < 4.78 is 24.1. The van der Waals surface area contributed by atoms with Crippen LogP contribution in [0.3, 0.4) is 0 Å². The zero-order valence-corrected chi connectivity index (χ0v) is 14.8. The number of nitrogens with zero attached hydrogens (tertiary/aromatic N) is 4. The lowest BCUT2D eigenvalue weighted by molar-refractivity contribution is -0.0330. The van der Waals surface area contributed by atoms with Crippen LogP contribution in [0.2, 0.25) is 5.02 Å². The molecule has 1 saturated heterocycles. The zero-order valence-electron chi connectivity index (χ0n) is 14.1. The third kappa shape index (κ3) is 3.83. The van der Waals surface area contributed by atoms with Gasteiger partial charge in [-0.15, -0.1) is 0 Å². The molecule has 0 radical (unpaired) electrons. The quantitative estimate of drug-likeness (QED) is 0.738. The van der Waals surface area contributed by atoms with Gasteiger partial charge in [0.1, 0.15) is 36.2 Å². The molecule has 1 atom stereocenters. The SMILES string of the molecule is O=C(OCc1ccc(F)cc1Cl)N1CCO[C@H](c2nc3cncnc3[nH]2)C1. The van der Waals surface area contributed by atoms with Crippen molar-refractivity contribution in [3.63, 3.8) is 0 Å². The number of benzene rings is 1. The summed E-state index contributed by atoms with van der Waals surface area (Å²) in [6.45, 7) is 0.982. The number of halogens is 2. The molecule has 0 unspecified atom stereocenters. The Labute approximate surface area is 158 Å². The molecule has 3 heterocycles. The summed E-state index contributed by atoms with van der Waals surface area (Å²) in [5, 5.41) is 0.214. The summed E-state index contributed by atoms with van der Waals surface area (Å²) in [7, 11) is 0. The second kappa shape index (κ2) is 7.45. The van der Waals surface area contributed by atoms with Gasteiger partial charge in [-0.3, -0.25) is 0 Å². The van der Waals surface area contributed by atoms with Crippen LogP contribution in [0.25, 0.3) is 11.2 Å². The predicted octanol–water partition coefficient (Wildman–Crippen LogP) is 2.86. The van der Waals surface area contributed by atoms with E-state index in [1.807, 2.05) is 0 Å². The Morgan fingerprint density at radius 1 is 1.48 bits per heavy atom. The molecule has 3 aromatic rings. The van der Waals surface area contributed by atoms with Crippen LogP contribution in [0, 0.1) is 5.82 Å². The fourth-order valence-electron chi connectivity index (χ4n) is 2.78. The Bertz CT molecular complexity index is 949. The molecule has 1 aliphatic rings. The molecule has 0 spiro atoms. The third-order valence-electron chi connectivity index (χ3n) is 4.18. The van der Waals surface area contributed by atoms with Crippen LogP contribution < -0.4 is 0 Å². The lowest BCUT2D eigenvalue weighted by Gasteiger charge is -2.31. The van der Waals surface area contributed by atoms with Crippen LogP contribution in [0.1, 0.15) is 17.5 Å². The van der Waals surface area contributed by atoms with Gasteiger partial charge < -0.3 is 19.4 Å². The average Bonchev–Trinajstić information content (AvgIpc) is 3.11. The first kappa shape index (κ1) is 17.6. The number of rotatable bonds is 3. The maximum atomic E-state index is 13.1. The molecular formula is C17H15ClFN5O3. The molecule has 10 heteroatoms. The lowest BCUT2D eigenvalue weighted by atomic mass is 10.2. The number of ether oxygens (including phenoxy) is 2. The van der Waals surface area contributed by atoms with Crippen molar-refractivity contribution in [3.8, 4) is 0 Å². The highest BCUT2D eigenvalue weighted by molar-refractivity contribution is 6.31. The number of fused-ring (bicyclic) bond motifs is 1. The monoisotopic (exact) mass is 391 g/mol. The van der Waals surface area contributed by atoms with Crippen molar-refractivity contribution < 1.29 is 18.7 Å². The highest BCUT2D eigenvalue weighted by Crippen LogP contribution is 2.23. The fourth-order valence-corrected chi connectivity index (χ4v) is 3.00. The van der Waals surface area contributed by atoms with E-state index in [0.29, 0.717) is 35.7 Å². The molecule has 140 valence electrons. The number of nitrogens with one attached hydrogen (secondary N) is 1. The third-order valence-corrected chi connectivity index (χ3v) is 4.53.